The molecule has 3 rings (SSSR count). The summed E-state index contributed by atoms with van der Waals surface area (Å²) < 4.78 is 0. The summed E-state index contributed by atoms with van der Waals surface area (Å²) in [5, 5.41) is 12.4. The number of hydroxylamine groups is 1. The second-order valence-corrected chi connectivity index (χ2v) is 6.71. The summed E-state index contributed by atoms with van der Waals surface area (Å²) in [6, 6.07) is 17.0. The number of benzene rings is 2. The lowest BCUT2D eigenvalue weighted by atomic mass is 9.90. The van der Waals surface area contributed by atoms with Gasteiger partial charge in [0, 0.05) is 31.7 Å². The molecule has 1 unspecified atom stereocenters. The van der Waals surface area contributed by atoms with E-state index in [-0.39, 0.29) is 5.91 Å². The van der Waals surface area contributed by atoms with Crippen LogP contribution in [0.3, 0.4) is 0 Å². The second-order valence-electron chi connectivity index (χ2n) is 6.71. The number of carbonyl (C=O) groups excluding carboxylic acids is 2. The van der Waals surface area contributed by atoms with Crippen LogP contribution in [0.4, 0.5) is 5.69 Å². The number of anilines is 1. The predicted octanol–water partition coefficient (Wildman–Crippen LogP) is 2.75. The number of rotatable bonds is 8. The monoisotopic (exact) mass is 367 g/mol. The summed E-state index contributed by atoms with van der Waals surface area (Å²) in [7, 11) is 0. The van der Waals surface area contributed by atoms with E-state index in [4.69, 9.17) is 5.21 Å². The maximum Gasteiger partial charge on any atom is 0.255 e. The Balaban J connectivity index is 1.58. The number of hydrogen-bond donors (Lipinski definition) is 3. The van der Waals surface area contributed by atoms with Gasteiger partial charge in [-0.2, -0.15) is 0 Å². The van der Waals surface area contributed by atoms with Crippen LogP contribution in [0.15, 0.2) is 54.6 Å². The fourth-order valence-corrected chi connectivity index (χ4v) is 3.44. The summed E-state index contributed by atoms with van der Waals surface area (Å²) in [5.74, 6) is -0.767. The van der Waals surface area contributed by atoms with E-state index in [0.717, 1.165) is 49.3 Å². The van der Waals surface area contributed by atoms with E-state index in [2.05, 4.69) is 5.32 Å². The Bertz CT molecular complexity index is 762. The smallest absolute Gasteiger partial charge is 0.255 e. The van der Waals surface area contributed by atoms with Crippen molar-refractivity contribution in [3.05, 3.63) is 65.7 Å². The molecule has 2 aromatic carbocycles. The minimum Gasteiger partial charge on any atom is -0.385 e. The minimum atomic E-state index is -0.563. The van der Waals surface area contributed by atoms with Crippen LogP contribution in [0.1, 0.15) is 36.3 Å². The van der Waals surface area contributed by atoms with E-state index in [1.54, 1.807) is 5.48 Å². The maximum absolute atomic E-state index is 12.2. The van der Waals surface area contributed by atoms with Crippen molar-refractivity contribution in [1.29, 1.82) is 0 Å². The molecule has 1 saturated heterocycles. The highest BCUT2D eigenvalue weighted by molar-refractivity contribution is 5.86. The van der Waals surface area contributed by atoms with Gasteiger partial charge in [0.25, 0.3) is 5.91 Å². The molecular formula is C21H25N3O3. The van der Waals surface area contributed by atoms with Gasteiger partial charge < -0.3 is 10.2 Å². The average molecular weight is 367 g/mol. The molecule has 1 atom stereocenters. The Morgan fingerprint density at radius 1 is 1.07 bits per heavy atom. The molecule has 2 amide bonds. The van der Waals surface area contributed by atoms with Crippen LogP contribution in [0.2, 0.25) is 0 Å². The molecule has 0 spiro atoms. The van der Waals surface area contributed by atoms with Crippen molar-refractivity contribution in [3.8, 4) is 0 Å². The Morgan fingerprint density at radius 3 is 2.41 bits per heavy atom. The predicted molar refractivity (Wildman–Crippen MR) is 104 cm³/mol. The number of likely N-dealkylation sites (tertiary alicyclic amines) is 1. The highest BCUT2D eigenvalue weighted by Crippen LogP contribution is 2.26. The number of hydrogen-bond acceptors (Lipinski definition) is 4. The molecule has 1 heterocycles. The first-order chi connectivity index (χ1) is 13.2. The van der Waals surface area contributed by atoms with Crippen LogP contribution in [0.5, 0.6) is 0 Å². The lowest BCUT2D eigenvalue weighted by Gasteiger charge is -2.17. The quantitative estimate of drug-likeness (QED) is 0.381. The highest BCUT2D eigenvalue weighted by Gasteiger charge is 2.22. The van der Waals surface area contributed by atoms with Crippen molar-refractivity contribution in [2.75, 3.05) is 25.0 Å². The van der Waals surface area contributed by atoms with Gasteiger partial charge >= 0.3 is 0 Å². The molecule has 1 aliphatic heterocycles. The maximum atomic E-state index is 12.2. The van der Waals surface area contributed by atoms with E-state index < -0.39 is 11.8 Å². The largest absolute Gasteiger partial charge is 0.385 e. The van der Waals surface area contributed by atoms with Crippen LogP contribution in [-0.2, 0) is 9.59 Å². The normalized spacial score (nSPS) is 14.9. The van der Waals surface area contributed by atoms with E-state index >= 15 is 0 Å². The molecule has 0 aliphatic carbocycles. The van der Waals surface area contributed by atoms with Crippen LogP contribution >= 0.6 is 0 Å². The van der Waals surface area contributed by atoms with E-state index in [9.17, 15) is 9.59 Å². The molecule has 1 aliphatic rings. The summed E-state index contributed by atoms with van der Waals surface area (Å²) in [5.41, 5.74) is 4.35. The third kappa shape index (κ3) is 4.86. The first kappa shape index (κ1) is 18.9. The van der Waals surface area contributed by atoms with Crippen molar-refractivity contribution in [3.63, 3.8) is 0 Å². The lowest BCUT2D eigenvalue weighted by Crippen LogP contribution is -2.27. The summed E-state index contributed by atoms with van der Waals surface area (Å²) in [6.07, 6.45) is 2.55. The van der Waals surface area contributed by atoms with E-state index in [1.165, 1.54) is 0 Å². The molecule has 1 fully saturated rings. The summed E-state index contributed by atoms with van der Waals surface area (Å²) in [6.45, 7) is 2.44. The second kappa shape index (κ2) is 9.19. The molecule has 2 aromatic rings. The fraction of sp³-hybridized carbons (Fsp3) is 0.333. The molecule has 6 nitrogen and oxygen atoms in total. The van der Waals surface area contributed by atoms with Crippen molar-refractivity contribution in [1.82, 2.24) is 10.4 Å². The third-order valence-electron chi connectivity index (χ3n) is 4.85. The first-order valence-electron chi connectivity index (χ1n) is 9.29. The molecule has 0 saturated carbocycles. The zero-order valence-electron chi connectivity index (χ0n) is 15.2. The van der Waals surface area contributed by atoms with Crippen LogP contribution in [0, 0.1) is 0 Å². The summed E-state index contributed by atoms with van der Waals surface area (Å²) in [4.78, 5) is 25.7. The molecule has 6 heteroatoms. The van der Waals surface area contributed by atoms with Crippen molar-refractivity contribution in [2.24, 2.45) is 0 Å². The van der Waals surface area contributed by atoms with Gasteiger partial charge in [0.05, 0.1) is 5.92 Å². The first-order valence-corrected chi connectivity index (χ1v) is 9.29. The molecular weight excluding hydrogens is 342 g/mol. The topological polar surface area (TPSA) is 81.7 Å². The Morgan fingerprint density at radius 2 is 1.78 bits per heavy atom. The van der Waals surface area contributed by atoms with Crippen molar-refractivity contribution < 1.29 is 14.8 Å². The molecule has 0 radical (unpaired) electrons. The Labute approximate surface area is 159 Å². The summed E-state index contributed by atoms with van der Waals surface area (Å²) >= 11 is 0. The number of nitrogens with one attached hydrogen (secondary N) is 2. The van der Waals surface area contributed by atoms with Crippen molar-refractivity contribution in [2.45, 2.75) is 25.2 Å². The number of amides is 2. The van der Waals surface area contributed by atoms with E-state index in [1.807, 2.05) is 59.5 Å². The van der Waals surface area contributed by atoms with Gasteiger partial charge in [-0.05, 0) is 36.1 Å². The molecule has 27 heavy (non-hydrogen) atoms. The van der Waals surface area contributed by atoms with Gasteiger partial charge in [0.1, 0.15) is 0 Å². The highest BCUT2D eigenvalue weighted by atomic mass is 16.5. The molecule has 3 N–H and O–H groups in total. The van der Waals surface area contributed by atoms with Crippen LogP contribution in [-0.4, -0.2) is 41.6 Å². The Hall–Kier alpha value is -2.86. The van der Waals surface area contributed by atoms with Crippen LogP contribution in [0.25, 0.3) is 0 Å². The van der Waals surface area contributed by atoms with Crippen molar-refractivity contribution >= 4 is 17.5 Å². The molecule has 0 bridgehead atoms. The van der Waals surface area contributed by atoms with Gasteiger partial charge in [-0.3, -0.25) is 14.8 Å². The number of carbonyl (C=O) groups is 2. The SMILES string of the molecule is O=C(NO)C(c1ccccc1)c1ccc(NCCCN2CCCC2=O)cc1. The zero-order chi connectivity index (χ0) is 19.1. The Kier molecular flexibility index (Phi) is 6.44. The van der Waals surface area contributed by atoms with Gasteiger partial charge in [0.15, 0.2) is 0 Å². The average Bonchev–Trinajstić information content (AvgIpc) is 3.12. The van der Waals surface area contributed by atoms with Gasteiger partial charge in [0.2, 0.25) is 5.91 Å². The van der Waals surface area contributed by atoms with Gasteiger partial charge in [-0.25, -0.2) is 5.48 Å². The number of nitrogens with zero attached hydrogens (tertiary/aromatic N) is 1. The standard InChI is InChI=1S/C21H25N3O3/c25-19-8-4-14-24(19)15-5-13-22-18-11-9-17(10-12-18)20(21(26)23-27)16-6-2-1-3-7-16/h1-3,6-7,9-12,20,22,27H,4-5,8,13-15H2,(H,23,26). The minimum absolute atomic E-state index is 0.258. The fourth-order valence-electron chi connectivity index (χ4n) is 3.44. The van der Waals surface area contributed by atoms with E-state index in [0.29, 0.717) is 6.42 Å². The van der Waals surface area contributed by atoms with Crippen LogP contribution < -0.4 is 10.8 Å². The third-order valence-corrected chi connectivity index (χ3v) is 4.85. The lowest BCUT2D eigenvalue weighted by molar-refractivity contribution is -0.130. The van der Waals surface area contributed by atoms with Gasteiger partial charge in [-0.1, -0.05) is 42.5 Å². The molecule has 142 valence electrons. The molecule has 0 aromatic heterocycles. The van der Waals surface area contributed by atoms with Gasteiger partial charge in [-0.15, -0.1) is 0 Å². The zero-order valence-corrected chi connectivity index (χ0v) is 15.2.